The molecule has 0 aromatic heterocycles. The van der Waals surface area contributed by atoms with E-state index in [1.54, 1.807) is 0 Å². The highest BCUT2D eigenvalue weighted by molar-refractivity contribution is 5.94. The third-order valence-electron chi connectivity index (χ3n) is 5.32. The lowest BCUT2D eigenvalue weighted by molar-refractivity contribution is -0.0369. The van der Waals surface area contributed by atoms with E-state index in [1.165, 1.54) is 5.56 Å². The SMILES string of the molecule is O=C1OC2(CCN(C(=O)NCCc3ccccc3)CC2)c2ccccc21. The molecule has 0 bridgehead atoms. The minimum atomic E-state index is -0.561. The van der Waals surface area contributed by atoms with Crippen molar-refractivity contribution in [3.8, 4) is 0 Å². The first kappa shape index (κ1) is 16.6. The number of urea groups is 1. The molecule has 2 aliphatic heterocycles. The first-order valence-electron chi connectivity index (χ1n) is 9.07. The minimum Gasteiger partial charge on any atom is -0.450 e. The van der Waals surface area contributed by atoms with Crippen molar-refractivity contribution in [2.24, 2.45) is 0 Å². The Morgan fingerprint density at radius 3 is 2.50 bits per heavy atom. The van der Waals surface area contributed by atoms with Crippen LogP contribution in [0.25, 0.3) is 0 Å². The van der Waals surface area contributed by atoms with Crippen molar-refractivity contribution in [2.45, 2.75) is 24.9 Å². The standard InChI is InChI=1S/C21H22N2O3/c24-19-17-8-4-5-9-18(17)21(26-19)11-14-23(15-12-21)20(25)22-13-10-16-6-2-1-3-7-16/h1-9H,10-15H2,(H,22,25). The quantitative estimate of drug-likeness (QED) is 0.866. The summed E-state index contributed by atoms with van der Waals surface area (Å²) in [6.45, 7) is 1.78. The molecular weight excluding hydrogens is 328 g/mol. The van der Waals surface area contributed by atoms with Gasteiger partial charge in [0.15, 0.2) is 0 Å². The van der Waals surface area contributed by atoms with Crippen molar-refractivity contribution in [3.05, 3.63) is 71.3 Å². The summed E-state index contributed by atoms with van der Waals surface area (Å²) in [6, 6.07) is 17.6. The summed E-state index contributed by atoms with van der Waals surface area (Å²) in [5.74, 6) is -0.249. The molecule has 1 saturated heterocycles. The number of fused-ring (bicyclic) bond motifs is 2. The number of benzene rings is 2. The Morgan fingerprint density at radius 1 is 1.04 bits per heavy atom. The fourth-order valence-corrected chi connectivity index (χ4v) is 3.86. The predicted octanol–water partition coefficient (Wildman–Crippen LogP) is 3.10. The van der Waals surface area contributed by atoms with Crippen LogP contribution in [-0.4, -0.2) is 36.5 Å². The number of carbonyl (C=O) groups is 2. The number of amides is 2. The van der Waals surface area contributed by atoms with Gasteiger partial charge < -0.3 is 15.0 Å². The summed E-state index contributed by atoms with van der Waals surface area (Å²) in [7, 11) is 0. The molecule has 0 radical (unpaired) electrons. The molecule has 2 heterocycles. The van der Waals surface area contributed by atoms with Gasteiger partial charge in [-0.15, -0.1) is 0 Å². The third kappa shape index (κ3) is 3.05. The zero-order chi connectivity index (χ0) is 18.0. The molecule has 2 aliphatic rings. The Labute approximate surface area is 153 Å². The van der Waals surface area contributed by atoms with E-state index in [9.17, 15) is 9.59 Å². The number of nitrogens with one attached hydrogen (secondary N) is 1. The van der Waals surface area contributed by atoms with Crippen LogP contribution in [0.3, 0.4) is 0 Å². The summed E-state index contributed by atoms with van der Waals surface area (Å²) >= 11 is 0. The van der Waals surface area contributed by atoms with Gasteiger partial charge >= 0.3 is 12.0 Å². The molecule has 134 valence electrons. The maximum Gasteiger partial charge on any atom is 0.339 e. The average Bonchev–Trinajstić information content (AvgIpc) is 2.95. The molecule has 1 spiro atoms. The second-order valence-electron chi connectivity index (χ2n) is 6.88. The summed E-state index contributed by atoms with van der Waals surface area (Å²) in [5, 5.41) is 2.99. The van der Waals surface area contributed by atoms with Gasteiger partial charge in [-0.2, -0.15) is 0 Å². The van der Waals surface area contributed by atoms with Crippen molar-refractivity contribution >= 4 is 12.0 Å². The van der Waals surface area contributed by atoms with Gasteiger partial charge in [-0.3, -0.25) is 0 Å². The Balaban J connectivity index is 1.33. The molecule has 0 unspecified atom stereocenters. The smallest absolute Gasteiger partial charge is 0.339 e. The number of ether oxygens (including phenoxy) is 1. The van der Waals surface area contributed by atoms with Gasteiger partial charge in [0.25, 0.3) is 0 Å². The Bertz CT molecular complexity index is 811. The first-order chi connectivity index (χ1) is 12.7. The fraction of sp³-hybridized carbons (Fsp3) is 0.333. The summed E-state index contributed by atoms with van der Waals surface area (Å²) in [5.41, 5.74) is 2.27. The van der Waals surface area contributed by atoms with Crippen LogP contribution in [0, 0.1) is 0 Å². The first-order valence-corrected chi connectivity index (χ1v) is 9.07. The fourth-order valence-electron chi connectivity index (χ4n) is 3.86. The maximum atomic E-state index is 12.4. The van der Waals surface area contributed by atoms with Crippen molar-refractivity contribution in [1.29, 1.82) is 0 Å². The molecule has 5 heteroatoms. The molecule has 0 aliphatic carbocycles. The highest BCUT2D eigenvalue weighted by Crippen LogP contribution is 2.43. The molecule has 5 nitrogen and oxygen atoms in total. The van der Waals surface area contributed by atoms with Crippen LogP contribution in [0.4, 0.5) is 4.79 Å². The van der Waals surface area contributed by atoms with Gasteiger partial charge in [-0.1, -0.05) is 48.5 Å². The highest BCUT2D eigenvalue weighted by atomic mass is 16.6. The van der Waals surface area contributed by atoms with Crippen molar-refractivity contribution in [1.82, 2.24) is 10.2 Å². The molecule has 1 fully saturated rings. The topological polar surface area (TPSA) is 58.6 Å². The van der Waals surface area contributed by atoms with Crippen LogP contribution in [-0.2, 0) is 16.8 Å². The summed E-state index contributed by atoms with van der Waals surface area (Å²) in [6.07, 6.45) is 2.10. The number of piperidine rings is 1. The van der Waals surface area contributed by atoms with E-state index >= 15 is 0 Å². The zero-order valence-corrected chi connectivity index (χ0v) is 14.6. The molecule has 2 amide bonds. The second kappa shape index (κ2) is 6.83. The van der Waals surface area contributed by atoms with Crippen molar-refractivity contribution in [2.75, 3.05) is 19.6 Å². The average molecular weight is 350 g/mol. The lowest BCUT2D eigenvalue weighted by Gasteiger charge is -2.38. The summed E-state index contributed by atoms with van der Waals surface area (Å²) < 4.78 is 5.73. The lowest BCUT2D eigenvalue weighted by Crippen LogP contribution is -2.49. The van der Waals surface area contributed by atoms with Crippen LogP contribution in [0.2, 0.25) is 0 Å². The van der Waals surface area contributed by atoms with Crippen LogP contribution >= 0.6 is 0 Å². The maximum absolute atomic E-state index is 12.4. The van der Waals surface area contributed by atoms with E-state index < -0.39 is 5.60 Å². The van der Waals surface area contributed by atoms with Gasteiger partial charge in [-0.25, -0.2) is 9.59 Å². The van der Waals surface area contributed by atoms with Crippen LogP contribution in [0.1, 0.15) is 34.3 Å². The Morgan fingerprint density at radius 2 is 1.73 bits per heavy atom. The van der Waals surface area contributed by atoms with E-state index in [4.69, 9.17) is 4.74 Å². The Kier molecular flexibility index (Phi) is 4.37. The molecule has 26 heavy (non-hydrogen) atoms. The van der Waals surface area contributed by atoms with E-state index in [0.29, 0.717) is 38.0 Å². The second-order valence-corrected chi connectivity index (χ2v) is 6.88. The molecule has 0 saturated carbocycles. The van der Waals surface area contributed by atoms with Gasteiger partial charge in [0.05, 0.1) is 5.56 Å². The van der Waals surface area contributed by atoms with Gasteiger partial charge in [0, 0.05) is 38.0 Å². The number of rotatable bonds is 3. The Hall–Kier alpha value is -2.82. The normalized spacial score (nSPS) is 17.7. The monoisotopic (exact) mass is 350 g/mol. The van der Waals surface area contributed by atoms with Gasteiger partial charge in [-0.05, 0) is 18.1 Å². The van der Waals surface area contributed by atoms with Crippen molar-refractivity contribution < 1.29 is 14.3 Å². The molecule has 1 N–H and O–H groups in total. The molecule has 4 rings (SSSR count). The molecular formula is C21H22N2O3. The highest BCUT2D eigenvalue weighted by Gasteiger charge is 2.47. The van der Waals surface area contributed by atoms with E-state index in [-0.39, 0.29) is 12.0 Å². The molecule has 2 aromatic rings. The van der Waals surface area contributed by atoms with E-state index in [1.807, 2.05) is 47.4 Å². The summed E-state index contributed by atoms with van der Waals surface area (Å²) in [4.78, 5) is 26.3. The minimum absolute atomic E-state index is 0.0478. The number of hydrogen-bond donors (Lipinski definition) is 1. The van der Waals surface area contributed by atoms with Crippen molar-refractivity contribution in [3.63, 3.8) is 0 Å². The van der Waals surface area contributed by atoms with E-state index in [2.05, 4.69) is 17.4 Å². The zero-order valence-electron chi connectivity index (χ0n) is 14.6. The number of carbonyl (C=O) groups excluding carboxylic acids is 2. The number of nitrogens with zero attached hydrogens (tertiary/aromatic N) is 1. The van der Waals surface area contributed by atoms with Gasteiger partial charge in [0.1, 0.15) is 5.60 Å². The lowest BCUT2D eigenvalue weighted by atomic mass is 9.84. The molecule has 2 aromatic carbocycles. The number of esters is 1. The predicted molar refractivity (Wildman–Crippen MR) is 97.9 cm³/mol. The number of likely N-dealkylation sites (tertiary alicyclic amines) is 1. The largest absolute Gasteiger partial charge is 0.450 e. The van der Waals surface area contributed by atoms with Gasteiger partial charge in [0.2, 0.25) is 0 Å². The molecule has 0 atom stereocenters. The van der Waals surface area contributed by atoms with Crippen LogP contribution in [0.5, 0.6) is 0 Å². The third-order valence-corrected chi connectivity index (χ3v) is 5.32. The number of hydrogen-bond acceptors (Lipinski definition) is 3. The van der Waals surface area contributed by atoms with Crippen LogP contribution < -0.4 is 5.32 Å². The van der Waals surface area contributed by atoms with Crippen LogP contribution in [0.15, 0.2) is 54.6 Å². The van der Waals surface area contributed by atoms with E-state index in [0.717, 1.165) is 12.0 Å².